The van der Waals surface area contributed by atoms with Crippen molar-refractivity contribution in [3.63, 3.8) is 0 Å². The smallest absolute Gasteiger partial charge is 0.295 e. The Labute approximate surface area is 203 Å². The summed E-state index contributed by atoms with van der Waals surface area (Å²) >= 11 is 6.08. The first-order chi connectivity index (χ1) is 16.4. The number of likely N-dealkylation sites (tertiary alicyclic amines) is 1. The molecule has 0 radical (unpaired) electrons. The van der Waals surface area contributed by atoms with E-state index in [0.717, 1.165) is 12.8 Å². The lowest BCUT2D eigenvalue weighted by molar-refractivity contribution is -0.140. The van der Waals surface area contributed by atoms with E-state index in [1.54, 1.807) is 42.5 Å². The second-order valence-electron chi connectivity index (χ2n) is 8.16. The second-order valence-corrected chi connectivity index (χ2v) is 8.60. The highest BCUT2D eigenvalue weighted by molar-refractivity contribution is 6.46. The van der Waals surface area contributed by atoms with Crippen LogP contribution in [0.1, 0.15) is 43.9 Å². The molecule has 2 aromatic rings. The van der Waals surface area contributed by atoms with Gasteiger partial charge in [-0.3, -0.25) is 9.59 Å². The van der Waals surface area contributed by atoms with E-state index < -0.39 is 17.7 Å². The summed E-state index contributed by atoms with van der Waals surface area (Å²) in [7, 11) is 0. The molecule has 0 bridgehead atoms. The van der Waals surface area contributed by atoms with E-state index in [9.17, 15) is 14.7 Å². The van der Waals surface area contributed by atoms with Crippen molar-refractivity contribution in [3.05, 3.63) is 64.2 Å². The van der Waals surface area contributed by atoms with Crippen LogP contribution in [0.3, 0.4) is 0 Å². The van der Waals surface area contributed by atoms with Gasteiger partial charge in [0, 0.05) is 24.2 Å². The van der Waals surface area contributed by atoms with Crippen molar-refractivity contribution in [3.8, 4) is 11.5 Å². The lowest BCUT2D eigenvalue weighted by Crippen LogP contribution is -2.36. The largest absolute Gasteiger partial charge is 0.507 e. The number of carbonyl (C=O) groups is 2. The molecule has 0 spiro atoms. The highest BCUT2D eigenvalue weighted by Crippen LogP contribution is 2.42. The van der Waals surface area contributed by atoms with Gasteiger partial charge in [-0.1, -0.05) is 23.7 Å². The highest BCUT2D eigenvalue weighted by Gasteiger charge is 2.47. The lowest BCUT2D eigenvalue weighted by atomic mass is 9.95. The molecular formula is C26H28ClNO6. The van der Waals surface area contributed by atoms with Crippen LogP contribution in [-0.2, 0) is 14.3 Å². The summed E-state index contributed by atoms with van der Waals surface area (Å²) in [5, 5.41) is 11.9. The van der Waals surface area contributed by atoms with E-state index in [-0.39, 0.29) is 24.0 Å². The van der Waals surface area contributed by atoms with Gasteiger partial charge in [-0.2, -0.15) is 0 Å². The maximum atomic E-state index is 13.3. The zero-order chi connectivity index (χ0) is 24.2. The van der Waals surface area contributed by atoms with Crippen molar-refractivity contribution >= 4 is 29.1 Å². The van der Waals surface area contributed by atoms with Crippen molar-refractivity contribution in [1.29, 1.82) is 0 Å². The minimum atomic E-state index is -0.775. The van der Waals surface area contributed by atoms with E-state index >= 15 is 0 Å². The number of hydrogen-bond acceptors (Lipinski definition) is 6. The number of Topliss-reactive ketones (excluding diaryl/α,β-unsaturated/α-hetero) is 1. The van der Waals surface area contributed by atoms with E-state index in [2.05, 4.69) is 0 Å². The van der Waals surface area contributed by atoms with Crippen LogP contribution in [-0.4, -0.2) is 54.2 Å². The zero-order valence-electron chi connectivity index (χ0n) is 19.3. The molecule has 34 heavy (non-hydrogen) atoms. The summed E-state index contributed by atoms with van der Waals surface area (Å²) < 4.78 is 17.0. The number of rotatable bonds is 8. The van der Waals surface area contributed by atoms with Gasteiger partial charge in [-0.15, -0.1) is 0 Å². The first-order valence-electron chi connectivity index (χ1n) is 11.5. The number of aliphatic hydroxyl groups excluding tert-OH is 1. The summed E-state index contributed by atoms with van der Waals surface area (Å²) in [5.74, 6) is -0.756. The fourth-order valence-corrected chi connectivity index (χ4v) is 4.57. The Hall–Kier alpha value is -3.03. The van der Waals surface area contributed by atoms with Crippen LogP contribution in [0.4, 0.5) is 0 Å². The van der Waals surface area contributed by atoms with Gasteiger partial charge in [0.2, 0.25) is 0 Å². The van der Waals surface area contributed by atoms with Crippen molar-refractivity contribution < 1.29 is 28.9 Å². The van der Waals surface area contributed by atoms with Crippen LogP contribution in [0.2, 0.25) is 5.02 Å². The van der Waals surface area contributed by atoms with Crippen LogP contribution in [0, 0.1) is 0 Å². The van der Waals surface area contributed by atoms with Crippen molar-refractivity contribution in [1.82, 2.24) is 4.90 Å². The molecule has 2 unspecified atom stereocenters. The number of ether oxygens (including phenoxy) is 3. The fraction of sp³-hybridized carbons (Fsp3) is 0.385. The molecule has 2 aliphatic rings. The Morgan fingerprint density at radius 1 is 1.12 bits per heavy atom. The van der Waals surface area contributed by atoms with Crippen LogP contribution in [0.15, 0.2) is 48.0 Å². The number of ketones is 1. The summed E-state index contributed by atoms with van der Waals surface area (Å²) in [6, 6.07) is 11.1. The molecule has 0 aromatic heterocycles. The number of benzene rings is 2. The minimum Gasteiger partial charge on any atom is -0.507 e. The van der Waals surface area contributed by atoms with Crippen molar-refractivity contribution in [2.45, 2.75) is 38.8 Å². The zero-order valence-corrected chi connectivity index (χ0v) is 20.0. The number of amides is 1. The maximum Gasteiger partial charge on any atom is 0.295 e. The molecule has 0 aliphatic carbocycles. The molecule has 7 nitrogen and oxygen atoms in total. The van der Waals surface area contributed by atoms with Crippen LogP contribution >= 0.6 is 11.6 Å². The molecule has 2 fully saturated rings. The SMILES string of the molecule is CCOc1ccc(/C(O)=C2/C(=O)C(=O)N(CC3CCCO3)C2c2ccc(Cl)cc2)c(OCC)c1. The van der Waals surface area contributed by atoms with E-state index in [1.807, 2.05) is 13.8 Å². The second kappa shape index (κ2) is 10.5. The monoisotopic (exact) mass is 485 g/mol. The normalized spacial score (nSPS) is 21.8. The van der Waals surface area contributed by atoms with E-state index in [1.165, 1.54) is 4.90 Å². The van der Waals surface area contributed by atoms with Crippen molar-refractivity contribution in [2.24, 2.45) is 0 Å². The predicted octanol–water partition coefficient (Wildman–Crippen LogP) is 4.74. The molecule has 0 saturated carbocycles. The summed E-state index contributed by atoms with van der Waals surface area (Å²) in [4.78, 5) is 27.9. The van der Waals surface area contributed by atoms with Gasteiger partial charge in [0.05, 0.1) is 36.5 Å². The molecule has 8 heteroatoms. The molecule has 2 saturated heterocycles. The Kier molecular flexibility index (Phi) is 7.44. The summed E-state index contributed by atoms with van der Waals surface area (Å²) in [5.41, 5.74) is 1.00. The van der Waals surface area contributed by atoms with Gasteiger partial charge >= 0.3 is 0 Å². The average molecular weight is 486 g/mol. The van der Waals surface area contributed by atoms with Gasteiger partial charge in [-0.05, 0) is 56.5 Å². The Morgan fingerprint density at radius 3 is 2.50 bits per heavy atom. The predicted molar refractivity (Wildman–Crippen MR) is 128 cm³/mol. The molecule has 1 N–H and O–H groups in total. The topological polar surface area (TPSA) is 85.3 Å². The van der Waals surface area contributed by atoms with Gasteiger partial charge < -0.3 is 24.2 Å². The number of halogens is 1. The summed E-state index contributed by atoms with van der Waals surface area (Å²) in [6.07, 6.45) is 1.56. The Balaban J connectivity index is 1.83. The molecule has 180 valence electrons. The number of aliphatic hydroxyl groups is 1. The minimum absolute atomic E-state index is 0.00966. The van der Waals surface area contributed by atoms with Crippen LogP contribution < -0.4 is 9.47 Å². The van der Waals surface area contributed by atoms with Gasteiger partial charge in [0.25, 0.3) is 11.7 Å². The molecule has 2 atom stereocenters. The van der Waals surface area contributed by atoms with E-state index in [4.69, 9.17) is 25.8 Å². The number of nitrogens with zero attached hydrogens (tertiary/aromatic N) is 1. The molecule has 1 amide bonds. The third kappa shape index (κ3) is 4.76. The molecule has 2 heterocycles. The highest BCUT2D eigenvalue weighted by atomic mass is 35.5. The number of carbonyl (C=O) groups excluding carboxylic acids is 2. The third-order valence-electron chi connectivity index (χ3n) is 5.97. The quantitative estimate of drug-likeness (QED) is 0.330. The van der Waals surface area contributed by atoms with Gasteiger partial charge in [-0.25, -0.2) is 0 Å². The maximum absolute atomic E-state index is 13.3. The first-order valence-corrected chi connectivity index (χ1v) is 11.9. The van der Waals surface area contributed by atoms with Crippen molar-refractivity contribution in [2.75, 3.05) is 26.4 Å². The first kappa shape index (κ1) is 24.1. The molecule has 4 rings (SSSR count). The third-order valence-corrected chi connectivity index (χ3v) is 6.22. The van der Waals surface area contributed by atoms with Crippen LogP contribution in [0.25, 0.3) is 5.76 Å². The standard InChI is InChI=1S/C26H28ClNO6/c1-3-32-18-11-12-20(21(14-18)33-4-2)24(29)22-23(16-7-9-17(27)10-8-16)28(26(31)25(22)30)15-19-6-5-13-34-19/h7-12,14,19,23,29H,3-6,13,15H2,1-2H3/b24-22-. The molecule has 2 aliphatic heterocycles. The van der Waals surface area contributed by atoms with E-state index in [0.29, 0.717) is 47.5 Å². The lowest BCUT2D eigenvalue weighted by Gasteiger charge is -2.27. The Morgan fingerprint density at radius 2 is 1.85 bits per heavy atom. The molecule has 2 aromatic carbocycles. The van der Waals surface area contributed by atoms with Crippen LogP contribution in [0.5, 0.6) is 11.5 Å². The summed E-state index contributed by atoms with van der Waals surface area (Å²) in [6.45, 7) is 5.41. The average Bonchev–Trinajstić information content (AvgIpc) is 3.42. The molecular weight excluding hydrogens is 458 g/mol. The number of hydrogen-bond donors (Lipinski definition) is 1. The Bertz CT molecular complexity index is 1090. The fourth-order valence-electron chi connectivity index (χ4n) is 4.44. The van der Waals surface area contributed by atoms with Gasteiger partial charge in [0.1, 0.15) is 17.3 Å². The van der Waals surface area contributed by atoms with Gasteiger partial charge in [0.15, 0.2) is 0 Å².